The van der Waals surface area contributed by atoms with E-state index in [4.69, 9.17) is 5.11 Å². The summed E-state index contributed by atoms with van der Waals surface area (Å²) < 4.78 is 14.6. The van der Waals surface area contributed by atoms with E-state index in [0.29, 0.717) is 0 Å². The highest BCUT2D eigenvalue weighted by Gasteiger charge is 1.99. The zero-order valence-electron chi connectivity index (χ0n) is 3.72. The lowest BCUT2D eigenvalue weighted by Gasteiger charge is -1.96. The fraction of sp³-hybridized carbons (Fsp3) is 0.667. The Bertz CT molecular complexity index is 70.6. The van der Waals surface area contributed by atoms with Crippen molar-refractivity contribution >= 4 is 5.97 Å². The number of aliphatic hydroxyl groups excluding tert-OH is 1. The molecule has 1 unspecified atom stereocenters. The first-order chi connectivity index (χ1) is 3.13. The number of halogens is 1. The van der Waals surface area contributed by atoms with E-state index >= 15 is 0 Å². The number of hydrogen-bond acceptors (Lipinski definition) is 3. The molecule has 0 aromatic rings. The molecule has 0 rings (SSSR count). The fourth-order valence-corrected chi connectivity index (χ4v) is 0.137. The van der Waals surface area contributed by atoms with E-state index in [1.165, 1.54) is 0 Å². The number of aliphatic hydroxyl groups is 1. The number of hydrogen-bond donors (Lipinski definition) is 1. The Labute approximate surface area is 39.7 Å². The van der Waals surface area contributed by atoms with Crippen LogP contribution in [0.25, 0.3) is 0 Å². The average molecular weight is 108 g/mol. The Balaban J connectivity index is 3.13. The summed E-state index contributed by atoms with van der Waals surface area (Å²) in [5.41, 5.74) is 0. The van der Waals surface area contributed by atoms with Crippen molar-refractivity contribution in [2.75, 3.05) is 0 Å². The Hall–Kier alpha value is -0.640. The minimum absolute atomic E-state index is 0.838. The molecule has 0 aromatic carbocycles. The number of carbonyl (C=O) groups excluding carboxylic acids is 1. The number of carbonyl (C=O) groups is 1. The van der Waals surface area contributed by atoms with Crippen molar-refractivity contribution in [3.05, 3.63) is 0 Å². The van der Waals surface area contributed by atoms with Crippen molar-refractivity contribution in [2.24, 2.45) is 0 Å². The lowest BCUT2D eigenvalue weighted by Crippen LogP contribution is -2.08. The van der Waals surface area contributed by atoms with Gasteiger partial charge in [0.05, 0.1) is 0 Å². The molecule has 0 amide bonds. The average Bonchev–Trinajstić information content (AvgIpc) is 1.27. The maximum Gasteiger partial charge on any atom is 0.352 e. The Kier molecular flexibility index (Phi) is 2.29. The van der Waals surface area contributed by atoms with Gasteiger partial charge in [0.1, 0.15) is 0 Å². The van der Waals surface area contributed by atoms with Crippen LogP contribution in [0.5, 0.6) is 0 Å². The van der Waals surface area contributed by atoms with Crippen LogP contribution in [0, 0.1) is 0 Å². The van der Waals surface area contributed by atoms with Crippen molar-refractivity contribution in [3.8, 4) is 0 Å². The molecule has 7 heavy (non-hydrogen) atoms. The van der Waals surface area contributed by atoms with E-state index in [1.54, 1.807) is 0 Å². The van der Waals surface area contributed by atoms with Crippen LogP contribution >= 0.6 is 0 Å². The van der Waals surface area contributed by atoms with Gasteiger partial charge in [0, 0.05) is 6.92 Å². The SMILES string of the molecule is CC(=O)OC(O)F. The monoisotopic (exact) mass is 108 g/mol. The Morgan fingerprint density at radius 2 is 2.43 bits per heavy atom. The topological polar surface area (TPSA) is 46.5 Å². The first-order valence-electron chi connectivity index (χ1n) is 1.62. The van der Waals surface area contributed by atoms with Crippen molar-refractivity contribution in [1.82, 2.24) is 0 Å². The van der Waals surface area contributed by atoms with Gasteiger partial charge < -0.3 is 9.84 Å². The molecule has 0 spiro atoms. The summed E-state index contributed by atoms with van der Waals surface area (Å²) in [6.07, 6.45) is 0. The van der Waals surface area contributed by atoms with Gasteiger partial charge in [-0.1, -0.05) is 0 Å². The summed E-state index contributed by atoms with van der Waals surface area (Å²) in [6, 6.07) is 0. The first-order valence-corrected chi connectivity index (χ1v) is 1.62. The minimum Gasteiger partial charge on any atom is -0.407 e. The molecule has 0 radical (unpaired) electrons. The molecule has 0 aliphatic heterocycles. The summed E-state index contributed by atoms with van der Waals surface area (Å²) in [4.78, 5) is 9.63. The predicted molar refractivity (Wildman–Crippen MR) is 18.9 cm³/mol. The summed E-state index contributed by atoms with van der Waals surface area (Å²) in [5, 5.41) is 7.61. The molecule has 0 aliphatic carbocycles. The van der Waals surface area contributed by atoms with Crippen molar-refractivity contribution in [2.45, 2.75) is 13.5 Å². The first kappa shape index (κ1) is 6.36. The Morgan fingerprint density at radius 3 is 2.43 bits per heavy atom. The molecule has 3 nitrogen and oxygen atoms in total. The molecule has 0 saturated heterocycles. The third-order valence-corrected chi connectivity index (χ3v) is 0.263. The molecule has 0 heterocycles. The van der Waals surface area contributed by atoms with Crippen LogP contribution in [0.2, 0.25) is 0 Å². The second-order valence-electron chi connectivity index (χ2n) is 0.902. The molecule has 1 N–H and O–H groups in total. The highest BCUT2D eigenvalue weighted by Crippen LogP contribution is 1.85. The van der Waals surface area contributed by atoms with Gasteiger partial charge in [0.2, 0.25) is 0 Å². The molecular weight excluding hydrogens is 103 g/mol. The molecule has 0 fully saturated rings. The standard InChI is InChI=1S/C3H5FO3/c1-2(5)7-3(4)6/h3,6H,1H3. The third-order valence-electron chi connectivity index (χ3n) is 0.263. The minimum atomic E-state index is -2.47. The second-order valence-corrected chi connectivity index (χ2v) is 0.902. The molecule has 0 aromatic heterocycles. The van der Waals surface area contributed by atoms with E-state index < -0.39 is 12.5 Å². The van der Waals surface area contributed by atoms with E-state index in [1.807, 2.05) is 0 Å². The van der Waals surface area contributed by atoms with Gasteiger partial charge in [-0.05, 0) is 0 Å². The largest absolute Gasteiger partial charge is 0.407 e. The molecule has 0 aliphatic rings. The molecular formula is C3H5FO3. The molecule has 4 heteroatoms. The summed E-state index contributed by atoms with van der Waals surface area (Å²) in [6.45, 7) is -1.47. The lowest BCUT2D eigenvalue weighted by atomic mass is 10.8. The van der Waals surface area contributed by atoms with Crippen LogP contribution in [-0.4, -0.2) is 17.6 Å². The van der Waals surface area contributed by atoms with E-state index in [0.717, 1.165) is 6.92 Å². The molecule has 42 valence electrons. The van der Waals surface area contributed by atoms with Crippen LogP contribution < -0.4 is 0 Å². The summed E-state index contributed by atoms with van der Waals surface area (Å²) in [5.74, 6) is -0.838. The van der Waals surface area contributed by atoms with Gasteiger partial charge in [-0.15, -0.1) is 0 Å². The van der Waals surface area contributed by atoms with Crippen LogP contribution in [0.15, 0.2) is 0 Å². The van der Waals surface area contributed by atoms with Gasteiger partial charge >= 0.3 is 12.5 Å². The van der Waals surface area contributed by atoms with Gasteiger partial charge in [-0.25, -0.2) is 0 Å². The number of alkyl halides is 1. The summed E-state index contributed by atoms with van der Waals surface area (Å²) in [7, 11) is 0. The smallest absolute Gasteiger partial charge is 0.352 e. The third kappa shape index (κ3) is 5.36. The number of ether oxygens (including phenoxy) is 1. The van der Waals surface area contributed by atoms with Crippen LogP contribution in [0.4, 0.5) is 4.39 Å². The van der Waals surface area contributed by atoms with Crippen LogP contribution in [-0.2, 0) is 9.53 Å². The maximum atomic E-state index is 11.1. The van der Waals surface area contributed by atoms with Gasteiger partial charge in [-0.3, -0.25) is 4.79 Å². The zero-order valence-corrected chi connectivity index (χ0v) is 3.72. The zero-order chi connectivity index (χ0) is 5.86. The lowest BCUT2D eigenvalue weighted by molar-refractivity contribution is -0.195. The highest BCUT2D eigenvalue weighted by molar-refractivity contribution is 5.65. The predicted octanol–water partition coefficient (Wildman–Crippen LogP) is -0.205. The Morgan fingerprint density at radius 1 is 2.00 bits per heavy atom. The number of esters is 1. The van der Waals surface area contributed by atoms with Gasteiger partial charge in [0.25, 0.3) is 0 Å². The normalized spacial score (nSPS) is 13.0. The quantitative estimate of drug-likeness (QED) is 0.373. The number of rotatable bonds is 1. The van der Waals surface area contributed by atoms with Crippen molar-refractivity contribution in [3.63, 3.8) is 0 Å². The van der Waals surface area contributed by atoms with Crippen LogP contribution in [0.3, 0.4) is 0 Å². The van der Waals surface area contributed by atoms with Gasteiger partial charge in [-0.2, -0.15) is 4.39 Å². The fourth-order valence-electron chi connectivity index (χ4n) is 0.137. The highest BCUT2D eigenvalue weighted by atomic mass is 19.2. The molecule has 1 atom stereocenters. The molecule has 0 saturated carbocycles. The summed E-state index contributed by atoms with van der Waals surface area (Å²) >= 11 is 0. The van der Waals surface area contributed by atoms with Crippen molar-refractivity contribution in [1.29, 1.82) is 0 Å². The van der Waals surface area contributed by atoms with Gasteiger partial charge in [0.15, 0.2) is 0 Å². The second kappa shape index (κ2) is 2.52. The van der Waals surface area contributed by atoms with Crippen LogP contribution in [0.1, 0.15) is 6.92 Å². The van der Waals surface area contributed by atoms with E-state index in [2.05, 4.69) is 4.74 Å². The van der Waals surface area contributed by atoms with E-state index in [-0.39, 0.29) is 0 Å². The van der Waals surface area contributed by atoms with E-state index in [9.17, 15) is 9.18 Å². The molecule has 0 bridgehead atoms. The maximum absolute atomic E-state index is 11.1. The van der Waals surface area contributed by atoms with Crippen molar-refractivity contribution < 1.29 is 19.0 Å².